The molecule has 0 fully saturated rings. The fourth-order valence-corrected chi connectivity index (χ4v) is 4.15. The van der Waals surface area contributed by atoms with Gasteiger partial charge in [-0.25, -0.2) is 4.68 Å². The summed E-state index contributed by atoms with van der Waals surface area (Å²) in [5.74, 6) is 1.02. The molecule has 4 nitrogen and oxygen atoms in total. The van der Waals surface area contributed by atoms with Crippen molar-refractivity contribution in [3.05, 3.63) is 77.1 Å². The van der Waals surface area contributed by atoms with Gasteiger partial charge in [-0.3, -0.25) is 4.90 Å². The van der Waals surface area contributed by atoms with Gasteiger partial charge < -0.3 is 4.74 Å². The Morgan fingerprint density at radius 1 is 0.962 bits per heavy atom. The zero-order chi connectivity index (χ0) is 17.3. The van der Waals surface area contributed by atoms with E-state index in [0.717, 1.165) is 44.8 Å². The monoisotopic (exact) mass is 345 g/mol. The maximum Gasteiger partial charge on any atom is 0.123 e. The lowest BCUT2D eigenvalue weighted by molar-refractivity contribution is 0.217. The Hall–Kier alpha value is -2.59. The highest BCUT2D eigenvalue weighted by Crippen LogP contribution is 2.30. The first kappa shape index (κ1) is 15.6. The Morgan fingerprint density at radius 3 is 2.73 bits per heavy atom. The highest BCUT2D eigenvalue weighted by molar-refractivity contribution is 5.40. The summed E-state index contributed by atoms with van der Waals surface area (Å²) in [6, 6.07) is 18.9. The fourth-order valence-electron chi connectivity index (χ4n) is 4.15. The largest absolute Gasteiger partial charge is 0.492 e. The summed E-state index contributed by atoms with van der Waals surface area (Å²) >= 11 is 0. The molecule has 26 heavy (non-hydrogen) atoms. The van der Waals surface area contributed by atoms with Crippen molar-refractivity contribution in [1.29, 1.82) is 0 Å². The molecular formula is C22H23N3O. The highest BCUT2D eigenvalue weighted by atomic mass is 16.5. The van der Waals surface area contributed by atoms with Crippen LogP contribution in [-0.2, 0) is 25.9 Å². The second kappa shape index (κ2) is 6.61. The molecule has 1 aliphatic carbocycles. The molecule has 1 aromatic heterocycles. The van der Waals surface area contributed by atoms with Crippen LogP contribution in [0.3, 0.4) is 0 Å². The van der Waals surface area contributed by atoms with Crippen LogP contribution in [0.2, 0.25) is 0 Å². The second-order valence-corrected chi connectivity index (χ2v) is 7.14. The summed E-state index contributed by atoms with van der Waals surface area (Å²) in [6.45, 7) is 3.48. The minimum absolute atomic E-state index is 0.735. The van der Waals surface area contributed by atoms with Crippen LogP contribution < -0.4 is 4.74 Å². The summed E-state index contributed by atoms with van der Waals surface area (Å²) in [6.07, 6.45) is 3.51. The molecule has 0 saturated heterocycles. The number of para-hydroxylation sites is 2. The van der Waals surface area contributed by atoms with Crippen molar-refractivity contribution >= 4 is 0 Å². The number of nitrogens with zero attached hydrogens (tertiary/aromatic N) is 3. The van der Waals surface area contributed by atoms with Gasteiger partial charge >= 0.3 is 0 Å². The topological polar surface area (TPSA) is 30.3 Å². The van der Waals surface area contributed by atoms with Crippen molar-refractivity contribution in [2.75, 3.05) is 13.2 Å². The molecule has 2 aliphatic rings. The zero-order valence-corrected chi connectivity index (χ0v) is 14.9. The number of benzene rings is 2. The van der Waals surface area contributed by atoms with E-state index in [2.05, 4.69) is 58.1 Å². The van der Waals surface area contributed by atoms with Crippen LogP contribution in [0.25, 0.3) is 5.69 Å². The first-order valence-electron chi connectivity index (χ1n) is 9.46. The minimum Gasteiger partial charge on any atom is -0.492 e. The van der Waals surface area contributed by atoms with E-state index in [-0.39, 0.29) is 0 Å². The van der Waals surface area contributed by atoms with Gasteiger partial charge in [0.25, 0.3) is 0 Å². The maximum atomic E-state index is 5.92. The van der Waals surface area contributed by atoms with Crippen LogP contribution in [0, 0.1) is 0 Å². The van der Waals surface area contributed by atoms with E-state index in [0.29, 0.717) is 0 Å². The predicted molar refractivity (Wildman–Crippen MR) is 102 cm³/mol. The van der Waals surface area contributed by atoms with Gasteiger partial charge in [0, 0.05) is 30.9 Å². The Labute approximate surface area is 154 Å². The first-order valence-corrected chi connectivity index (χ1v) is 9.46. The van der Waals surface area contributed by atoms with E-state index in [1.54, 1.807) is 0 Å². The van der Waals surface area contributed by atoms with Crippen LogP contribution in [0.1, 0.15) is 28.9 Å². The standard InChI is InChI=1S/C22H23N3O/c1-2-8-18(9-3-1)25-21-11-6-10-19(21)20(23-25)16-24-13-14-26-22-12-5-4-7-17(22)15-24/h1-5,7-9,12H,6,10-11,13-16H2. The molecule has 0 amide bonds. The SMILES string of the molecule is c1ccc(-n2nc(CN3CCOc4ccccc4C3)c3c2CCC3)cc1. The number of rotatable bonds is 3. The normalized spacial score (nSPS) is 16.6. The predicted octanol–water partition coefficient (Wildman–Crippen LogP) is 3.76. The molecule has 0 atom stereocenters. The lowest BCUT2D eigenvalue weighted by Crippen LogP contribution is -2.26. The zero-order valence-electron chi connectivity index (χ0n) is 14.9. The third kappa shape index (κ3) is 2.80. The summed E-state index contributed by atoms with van der Waals surface area (Å²) < 4.78 is 8.08. The van der Waals surface area contributed by atoms with Crippen LogP contribution in [0.15, 0.2) is 54.6 Å². The quantitative estimate of drug-likeness (QED) is 0.724. The van der Waals surface area contributed by atoms with Crippen molar-refractivity contribution in [3.8, 4) is 11.4 Å². The van der Waals surface area contributed by atoms with E-state index in [9.17, 15) is 0 Å². The van der Waals surface area contributed by atoms with Gasteiger partial charge in [0.05, 0.1) is 11.4 Å². The van der Waals surface area contributed by atoms with Crippen molar-refractivity contribution < 1.29 is 4.74 Å². The Bertz CT molecular complexity index is 916. The maximum absolute atomic E-state index is 5.92. The van der Waals surface area contributed by atoms with Gasteiger partial charge in [-0.15, -0.1) is 0 Å². The molecule has 0 radical (unpaired) electrons. The lowest BCUT2D eigenvalue weighted by Gasteiger charge is -2.18. The van der Waals surface area contributed by atoms with Gasteiger partial charge in [0.2, 0.25) is 0 Å². The molecule has 2 heterocycles. The molecule has 0 unspecified atom stereocenters. The average Bonchev–Trinajstić information content (AvgIpc) is 3.21. The summed E-state index contributed by atoms with van der Waals surface area (Å²) in [4.78, 5) is 2.46. The molecular weight excluding hydrogens is 322 g/mol. The Kier molecular flexibility index (Phi) is 3.98. The number of fused-ring (bicyclic) bond motifs is 2. The van der Waals surface area contributed by atoms with E-state index in [1.165, 1.54) is 34.6 Å². The summed E-state index contributed by atoms with van der Waals surface area (Å²) in [5.41, 5.74) is 6.54. The van der Waals surface area contributed by atoms with Crippen molar-refractivity contribution in [1.82, 2.24) is 14.7 Å². The van der Waals surface area contributed by atoms with Crippen LogP contribution >= 0.6 is 0 Å². The second-order valence-electron chi connectivity index (χ2n) is 7.14. The molecule has 0 N–H and O–H groups in total. The number of hydrogen-bond acceptors (Lipinski definition) is 3. The van der Waals surface area contributed by atoms with Gasteiger partial charge in [-0.2, -0.15) is 5.10 Å². The van der Waals surface area contributed by atoms with Gasteiger partial charge in [-0.1, -0.05) is 36.4 Å². The number of hydrogen-bond donors (Lipinski definition) is 0. The molecule has 0 saturated carbocycles. The lowest BCUT2D eigenvalue weighted by atomic mass is 10.1. The third-order valence-electron chi connectivity index (χ3n) is 5.42. The van der Waals surface area contributed by atoms with Crippen LogP contribution in [0.4, 0.5) is 0 Å². The molecule has 0 bridgehead atoms. The van der Waals surface area contributed by atoms with Gasteiger partial charge in [0.1, 0.15) is 12.4 Å². The smallest absolute Gasteiger partial charge is 0.123 e. The van der Waals surface area contributed by atoms with Crippen LogP contribution in [0.5, 0.6) is 5.75 Å². The molecule has 0 spiro atoms. The number of aromatic nitrogens is 2. The molecule has 2 aromatic carbocycles. The molecule has 132 valence electrons. The molecule has 4 heteroatoms. The third-order valence-corrected chi connectivity index (χ3v) is 5.42. The van der Waals surface area contributed by atoms with Crippen molar-refractivity contribution in [2.24, 2.45) is 0 Å². The Balaban J connectivity index is 1.45. The molecule has 3 aromatic rings. The molecule has 1 aliphatic heterocycles. The van der Waals surface area contributed by atoms with Gasteiger partial charge in [0.15, 0.2) is 0 Å². The number of ether oxygens (including phenoxy) is 1. The fraction of sp³-hybridized carbons (Fsp3) is 0.318. The van der Waals surface area contributed by atoms with Crippen molar-refractivity contribution in [3.63, 3.8) is 0 Å². The summed E-state index contributed by atoms with van der Waals surface area (Å²) in [5, 5.41) is 5.02. The molecule has 5 rings (SSSR count). The first-order chi connectivity index (χ1) is 12.9. The van der Waals surface area contributed by atoms with Crippen LogP contribution in [-0.4, -0.2) is 27.8 Å². The summed E-state index contributed by atoms with van der Waals surface area (Å²) in [7, 11) is 0. The van der Waals surface area contributed by atoms with E-state index < -0.39 is 0 Å². The highest BCUT2D eigenvalue weighted by Gasteiger charge is 2.25. The Morgan fingerprint density at radius 2 is 1.81 bits per heavy atom. The van der Waals surface area contributed by atoms with E-state index >= 15 is 0 Å². The van der Waals surface area contributed by atoms with E-state index in [1.807, 2.05) is 6.07 Å². The van der Waals surface area contributed by atoms with Crippen molar-refractivity contribution in [2.45, 2.75) is 32.4 Å². The minimum atomic E-state index is 0.735. The average molecular weight is 345 g/mol. The van der Waals surface area contributed by atoms with E-state index in [4.69, 9.17) is 9.84 Å². The van der Waals surface area contributed by atoms with Gasteiger partial charge in [-0.05, 0) is 43.0 Å².